The van der Waals surface area contributed by atoms with Crippen LogP contribution >= 0.6 is 0 Å². The molecular formula is C27H33F3N2O3. The Bertz CT molecular complexity index is 1130. The van der Waals surface area contributed by atoms with E-state index in [1.165, 1.54) is 6.07 Å². The van der Waals surface area contributed by atoms with Gasteiger partial charge in [0, 0.05) is 47.7 Å². The number of ether oxygens (including phenoxy) is 2. The van der Waals surface area contributed by atoms with Crippen molar-refractivity contribution in [2.45, 2.75) is 83.8 Å². The molecule has 4 unspecified atom stereocenters. The first-order chi connectivity index (χ1) is 16.3. The fourth-order valence-electron chi connectivity index (χ4n) is 6.17. The number of aliphatic hydroxyl groups excluding tert-OH is 1. The zero-order valence-corrected chi connectivity index (χ0v) is 20.9. The smallest absolute Gasteiger partial charge is 0.388 e. The zero-order chi connectivity index (χ0) is 25.3. The van der Waals surface area contributed by atoms with Crippen LogP contribution in [0.25, 0.3) is 0 Å². The van der Waals surface area contributed by atoms with Gasteiger partial charge in [-0.3, -0.25) is 9.97 Å². The van der Waals surface area contributed by atoms with Crippen molar-refractivity contribution in [3.63, 3.8) is 0 Å². The summed E-state index contributed by atoms with van der Waals surface area (Å²) in [5.74, 6) is 0.0465. The second-order valence-corrected chi connectivity index (χ2v) is 11.4. The number of aliphatic hydroxyl groups is 1. The van der Waals surface area contributed by atoms with Gasteiger partial charge >= 0.3 is 6.18 Å². The fraction of sp³-hybridized carbons (Fsp3) is 0.630. The second-order valence-electron chi connectivity index (χ2n) is 11.4. The number of pyridine rings is 2. The average molecular weight is 491 g/mol. The van der Waals surface area contributed by atoms with Crippen LogP contribution in [-0.4, -0.2) is 28.3 Å². The van der Waals surface area contributed by atoms with Crippen LogP contribution < -0.4 is 0 Å². The van der Waals surface area contributed by atoms with Crippen molar-refractivity contribution < 1.29 is 27.8 Å². The molecule has 190 valence electrons. The van der Waals surface area contributed by atoms with Crippen LogP contribution in [0.4, 0.5) is 13.2 Å². The lowest BCUT2D eigenvalue weighted by Crippen LogP contribution is -2.43. The topological polar surface area (TPSA) is 64.5 Å². The van der Waals surface area contributed by atoms with Crippen molar-refractivity contribution in [3.8, 4) is 0 Å². The van der Waals surface area contributed by atoms with Crippen LogP contribution in [0.5, 0.6) is 0 Å². The van der Waals surface area contributed by atoms with E-state index in [0.29, 0.717) is 31.7 Å². The molecule has 1 aliphatic carbocycles. The SMILES string of the molecule is CC(C)c1nc2c(c3c1C(c1ccc(C(F)(F)F)cn1)OC31CCOCC1C)C(O)CC(C)(C)C2. The lowest BCUT2D eigenvalue weighted by molar-refractivity contribution is -0.158. The molecule has 3 aliphatic rings. The highest BCUT2D eigenvalue weighted by Gasteiger charge is 2.55. The van der Waals surface area contributed by atoms with Gasteiger partial charge in [-0.15, -0.1) is 0 Å². The number of rotatable bonds is 2. The summed E-state index contributed by atoms with van der Waals surface area (Å²) in [5.41, 5.74) is 3.25. The second kappa shape index (κ2) is 8.25. The van der Waals surface area contributed by atoms with Gasteiger partial charge in [-0.1, -0.05) is 34.6 Å². The molecule has 0 amide bonds. The molecule has 2 aromatic rings. The fourth-order valence-corrected chi connectivity index (χ4v) is 6.17. The van der Waals surface area contributed by atoms with Gasteiger partial charge in [0.1, 0.15) is 11.7 Å². The molecule has 2 aliphatic heterocycles. The third kappa shape index (κ3) is 3.98. The first-order valence-electron chi connectivity index (χ1n) is 12.4. The molecule has 0 saturated carbocycles. The van der Waals surface area contributed by atoms with Crippen molar-refractivity contribution in [2.24, 2.45) is 11.3 Å². The Balaban J connectivity index is 1.77. The van der Waals surface area contributed by atoms with Crippen LogP contribution in [0.2, 0.25) is 0 Å². The maximum Gasteiger partial charge on any atom is 0.417 e. The van der Waals surface area contributed by atoms with Crippen LogP contribution in [-0.2, 0) is 27.7 Å². The Hall–Kier alpha value is -2.03. The predicted molar refractivity (Wildman–Crippen MR) is 124 cm³/mol. The van der Waals surface area contributed by atoms with Crippen molar-refractivity contribution in [1.29, 1.82) is 0 Å². The maximum atomic E-state index is 13.2. The van der Waals surface area contributed by atoms with Crippen molar-refractivity contribution >= 4 is 0 Å². The molecular weight excluding hydrogens is 457 g/mol. The molecule has 0 aromatic carbocycles. The maximum absolute atomic E-state index is 13.2. The first kappa shape index (κ1) is 24.7. The van der Waals surface area contributed by atoms with E-state index in [4.69, 9.17) is 14.5 Å². The Morgan fingerprint density at radius 3 is 2.51 bits per heavy atom. The molecule has 4 heterocycles. The first-order valence-corrected chi connectivity index (χ1v) is 12.4. The molecule has 5 nitrogen and oxygen atoms in total. The van der Waals surface area contributed by atoms with E-state index in [1.807, 2.05) is 0 Å². The van der Waals surface area contributed by atoms with Gasteiger partial charge in [-0.2, -0.15) is 13.2 Å². The molecule has 1 N–H and O–H groups in total. The van der Waals surface area contributed by atoms with Crippen LogP contribution in [0.3, 0.4) is 0 Å². The molecule has 1 fully saturated rings. The number of hydrogen-bond acceptors (Lipinski definition) is 5. The van der Waals surface area contributed by atoms with Gasteiger partial charge < -0.3 is 14.6 Å². The van der Waals surface area contributed by atoms with Gasteiger partial charge in [0.25, 0.3) is 0 Å². The molecule has 1 spiro atoms. The minimum absolute atomic E-state index is 0.0110. The Kier molecular flexibility index (Phi) is 5.81. The van der Waals surface area contributed by atoms with E-state index in [-0.39, 0.29) is 17.3 Å². The number of alkyl halides is 3. The van der Waals surface area contributed by atoms with Crippen molar-refractivity contribution in [3.05, 3.63) is 57.7 Å². The lowest BCUT2D eigenvalue weighted by atomic mass is 9.68. The van der Waals surface area contributed by atoms with Gasteiger partial charge in [0.15, 0.2) is 0 Å². The van der Waals surface area contributed by atoms with E-state index in [0.717, 1.165) is 46.8 Å². The number of halogens is 3. The summed E-state index contributed by atoms with van der Waals surface area (Å²) in [5, 5.41) is 11.4. The molecule has 5 rings (SSSR count). The molecule has 0 bridgehead atoms. The lowest BCUT2D eigenvalue weighted by Gasteiger charge is -2.43. The Morgan fingerprint density at radius 2 is 1.91 bits per heavy atom. The minimum atomic E-state index is -4.46. The van der Waals surface area contributed by atoms with Crippen LogP contribution in [0.15, 0.2) is 18.3 Å². The van der Waals surface area contributed by atoms with E-state index < -0.39 is 29.5 Å². The predicted octanol–water partition coefficient (Wildman–Crippen LogP) is 6.00. The summed E-state index contributed by atoms with van der Waals surface area (Å²) in [6, 6.07) is 2.46. The van der Waals surface area contributed by atoms with Crippen LogP contribution in [0.1, 0.15) is 105 Å². The molecule has 2 aromatic heterocycles. The summed E-state index contributed by atoms with van der Waals surface area (Å²) in [4.78, 5) is 9.30. The highest BCUT2D eigenvalue weighted by molar-refractivity contribution is 5.54. The number of aromatic nitrogens is 2. The Labute approximate surface area is 204 Å². The van der Waals surface area contributed by atoms with Gasteiger partial charge in [0.05, 0.1) is 24.0 Å². The monoisotopic (exact) mass is 490 g/mol. The summed E-state index contributed by atoms with van der Waals surface area (Å²) >= 11 is 0. The summed E-state index contributed by atoms with van der Waals surface area (Å²) in [6.45, 7) is 11.5. The third-order valence-corrected chi connectivity index (χ3v) is 7.83. The van der Waals surface area contributed by atoms with Crippen molar-refractivity contribution in [1.82, 2.24) is 9.97 Å². The molecule has 1 saturated heterocycles. The quantitative estimate of drug-likeness (QED) is 0.560. The highest BCUT2D eigenvalue weighted by Crippen LogP contribution is 2.58. The van der Waals surface area contributed by atoms with E-state index in [1.54, 1.807) is 0 Å². The van der Waals surface area contributed by atoms with Gasteiger partial charge in [-0.25, -0.2) is 0 Å². The van der Waals surface area contributed by atoms with Crippen LogP contribution in [0, 0.1) is 11.3 Å². The standard InChI is InChI=1S/C27H33F3N2O3/c1-14(2)23-21-22(20-18(32-23)10-25(4,5)11-19(20)33)26(8-9-34-13-15(26)3)35-24(21)17-7-6-16(12-31-17)27(28,29)30/h6-7,12,14-15,19,24,33H,8-11,13H2,1-5H3. The Morgan fingerprint density at radius 1 is 1.17 bits per heavy atom. The summed E-state index contributed by atoms with van der Waals surface area (Å²) in [7, 11) is 0. The van der Waals surface area contributed by atoms with Gasteiger partial charge in [0.2, 0.25) is 0 Å². The van der Waals surface area contributed by atoms with Gasteiger partial charge in [-0.05, 0) is 41.9 Å². The van der Waals surface area contributed by atoms with E-state index in [9.17, 15) is 18.3 Å². The summed E-state index contributed by atoms with van der Waals surface area (Å²) in [6.07, 6.45) is -2.99. The summed E-state index contributed by atoms with van der Waals surface area (Å²) < 4.78 is 52.3. The largest absolute Gasteiger partial charge is 0.417 e. The van der Waals surface area contributed by atoms with Crippen molar-refractivity contribution in [2.75, 3.05) is 13.2 Å². The van der Waals surface area contributed by atoms with E-state index in [2.05, 4.69) is 39.6 Å². The number of nitrogens with zero attached hydrogens (tertiary/aromatic N) is 2. The molecule has 35 heavy (non-hydrogen) atoms. The number of fused-ring (bicyclic) bond motifs is 4. The zero-order valence-electron chi connectivity index (χ0n) is 20.9. The highest BCUT2D eigenvalue weighted by atomic mass is 19.4. The minimum Gasteiger partial charge on any atom is -0.388 e. The third-order valence-electron chi connectivity index (χ3n) is 7.83. The molecule has 0 radical (unpaired) electrons. The normalized spacial score (nSPS) is 29.9. The molecule has 8 heteroatoms. The number of hydrogen-bond donors (Lipinski definition) is 1. The van der Waals surface area contributed by atoms with E-state index >= 15 is 0 Å². The average Bonchev–Trinajstić information content (AvgIpc) is 3.09. The molecule has 4 atom stereocenters.